The molecule has 0 aliphatic carbocycles. The molecule has 0 atom stereocenters. The summed E-state index contributed by atoms with van der Waals surface area (Å²) in [7, 11) is 0. The molecule has 0 fully saturated rings. The highest BCUT2D eigenvalue weighted by molar-refractivity contribution is 6.30. The molecule has 2 aromatic heterocycles. The summed E-state index contributed by atoms with van der Waals surface area (Å²) >= 11 is 5.81. The number of aromatic hydroxyl groups is 1. The summed E-state index contributed by atoms with van der Waals surface area (Å²) in [6, 6.07) is 12.3. The second-order valence-electron chi connectivity index (χ2n) is 7.01. The lowest BCUT2D eigenvalue weighted by atomic mass is 10.0. The maximum Gasteiger partial charge on any atom is 0.255 e. The predicted octanol–water partition coefficient (Wildman–Crippen LogP) is 3.94. The van der Waals surface area contributed by atoms with Crippen molar-refractivity contribution in [2.45, 2.75) is 13.0 Å². The number of carbonyl (C=O) groups excluding carboxylic acids is 1. The van der Waals surface area contributed by atoms with Gasteiger partial charge in [0.2, 0.25) is 0 Å². The summed E-state index contributed by atoms with van der Waals surface area (Å²) in [5.74, 6) is -1.12. The van der Waals surface area contributed by atoms with Crippen LogP contribution in [0.2, 0.25) is 5.02 Å². The van der Waals surface area contributed by atoms with E-state index in [4.69, 9.17) is 11.6 Å². The topological polar surface area (TPSA) is 95.1 Å². The van der Waals surface area contributed by atoms with Crippen molar-refractivity contribution in [2.24, 2.45) is 0 Å². The van der Waals surface area contributed by atoms with Crippen LogP contribution in [-0.4, -0.2) is 21.0 Å². The number of hydrogen-bond donors (Lipinski definition) is 3. The Bertz CT molecular complexity index is 1340. The molecule has 0 spiro atoms. The number of pyridine rings is 2. The van der Waals surface area contributed by atoms with Gasteiger partial charge in [-0.05, 0) is 53.6 Å². The first-order valence-corrected chi connectivity index (χ1v) is 9.79. The summed E-state index contributed by atoms with van der Waals surface area (Å²) < 4.78 is 13.4. The van der Waals surface area contributed by atoms with Gasteiger partial charge in [0.15, 0.2) is 0 Å². The molecule has 156 valence electrons. The third-order valence-electron chi connectivity index (χ3n) is 4.91. The average Bonchev–Trinajstić information content (AvgIpc) is 2.78. The molecule has 1 amide bonds. The summed E-state index contributed by atoms with van der Waals surface area (Å²) in [6.45, 7) is 0.327. The van der Waals surface area contributed by atoms with Crippen LogP contribution in [0.4, 0.5) is 4.39 Å². The second kappa shape index (κ2) is 8.57. The van der Waals surface area contributed by atoms with E-state index >= 15 is 0 Å². The van der Waals surface area contributed by atoms with Gasteiger partial charge in [-0.25, -0.2) is 4.39 Å². The van der Waals surface area contributed by atoms with Gasteiger partial charge in [0.1, 0.15) is 11.6 Å². The molecule has 0 radical (unpaired) electrons. The van der Waals surface area contributed by atoms with Gasteiger partial charge < -0.3 is 15.4 Å². The van der Waals surface area contributed by atoms with Crippen molar-refractivity contribution in [3.8, 4) is 5.75 Å². The zero-order valence-electron chi connectivity index (χ0n) is 16.2. The van der Waals surface area contributed by atoms with E-state index in [0.29, 0.717) is 28.6 Å². The van der Waals surface area contributed by atoms with Gasteiger partial charge in [0.05, 0.1) is 16.1 Å². The average molecular weight is 438 g/mol. The molecule has 2 heterocycles. The Morgan fingerprint density at radius 3 is 2.61 bits per heavy atom. The fourth-order valence-corrected chi connectivity index (χ4v) is 3.46. The molecule has 0 bridgehead atoms. The van der Waals surface area contributed by atoms with Crippen LogP contribution >= 0.6 is 11.6 Å². The molecule has 0 saturated heterocycles. The van der Waals surface area contributed by atoms with Gasteiger partial charge in [0, 0.05) is 36.3 Å². The molecule has 0 aliphatic heterocycles. The first-order valence-electron chi connectivity index (χ1n) is 9.41. The highest BCUT2D eigenvalue weighted by Crippen LogP contribution is 2.28. The number of amides is 1. The smallest absolute Gasteiger partial charge is 0.255 e. The maximum absolute atomic E-state index is 13.4. The zero-order chi connectivity index (χ0) is 22.0. The number of halogens is 2. The standard InChI is InChI=1S/C23H17ClFN3O3/c24-18-10-14(1-3-19(18)25)9-17-21(29)16-11-15(2-4-20(16)28-23(17)31)22(30)27-12-13-5-7-26-8-6-13/h1-8,10-11H,9,12H2,(H,27,30)(H2,28,29,31). The number of nitrogens with one attached hydrogen (secondary N) is 2. The summed E-state index contributed by atoms with van der Waals surface area (Å²) in [6.07, 6.45) is 3.33. The Kier molecular flexibility index (Phi) is 5.68. The molecule has 8 heteroatoms. The van der Waals surface area contributed by atoms with Gasteiger partial charge in [-0.2, -0.15) is 0 Å². The van der Waals surface area contributed by atoms with Gasteiger partial charge in [-0.15, -0.1) is 0 Å². The number of nitrogens with zero attached hydrogens (tertiary/aromatic N) is 1. The SMILES string of the molecule is O=C(NCc1ccncc1)c1ccc2[nH]c(=O)c(Cc3ccc(F)c(Cl)c3)c(O)c2c1. The van der Waals surface area contributed by atoms with E-state index in [0.717, 1.165) is 5.56 Å². The molecule has 4 aromatic rings. The van der Waals surface area contributed by atoms with Crippen molar-refractivity contribution in [3.05, 3.63) is 104 Å². The van der Waals surface area contributed by atoms with Crippen molar-refractivity contribution < 1.29 is 14.3 Å². The van der Waals surface area contributed by atoms with Crippen LogP contribution in [-0.2, 0) is 13.0 Å². The Balaban J connectivity index is 1.64. The number of carbonyl (C=O) groups is 1. The van der Waals surface area contributed by atoms with E-state index in [-0.39, 0.29) is 28.7 Å². The van der Waals surface area contributed by atoms with Crippen LogP contribution in [0.5, 0.6) is 5.75 Å². The highest BCUT2D eigenvalue weighted by atomic mass is 35.5. The van der Waals surface area contributed by atoms with Crippen molar-refractivity contribution in [1.29, 1.82) is 0 Å². The lowest BCUT2D eigenvalue weighted by Crippen LogP contribution is -2.22. The Morgan fingerprint density at radius 1 is 1.10 bits per heavy atom. The number of aromatic nitrogens is 2. The fourth-order valence-electron chi connectivity index (χ4n) is 3.26. The van der Waals surface area contributed by atoms with Crippen molar-refractivity contribution in [1.82, 2.24) is 15.3 Å². The largest absolute Gasteiger partial charge is 0.507 e. The van der Waals surface area contributed by atoms with Gasteiger partial charge in [0.25, 0.3) is 11.5 Å². The molecular formula is C23H17ClFN3O3. The fraction of sp³-hybridized carbons (Fsp3) is 0.0870. The number of fused-ring (bicyclic) bond motifs is 1. The molecule has 0 aliphatic rings. The van der Waals surface area contributed by atoms with Gasteiger partial charge >= 0.3 is 0 Å². The van der Waals surface area contributed by atoms with Crippen LogP contribution < -0.4 is 10.9 Å². The van der Waals surface area contributed by atoms with E-state index in [2.05, 4.69) is 15.3 Å². The third kappa shape index (κ3) is 4.41. The number of H-pyrrole nitrogens is 1. The van der Waals surface area contributed by atoms with Crippen LogP contribution in [0.3, 0.4) is 0 Å². The van der Waals surface area contributed by atoms with Crippen LogP contribution in [0.1, 0.15) is 27.0 Å². The lowest BCUT2D eigenvalue weighted by Gasteiger charge is -2.10. The normalized spacial score (nSPS) is 10.9. The quantitative estimate of drug-likeness (QED) is 0.440. The van der Waals surface area contributed by atoms with Crippen molar-refractivity contribution >= 4 is 28.4 Å². The minimum atomic E-state index is -0.565. The Morgan fingerprint density at radius 2 is 1.87 bits per heavy atom. The molecule has 4 rings (SSSR count). The van der Waals surface area contributed by atoms with Gasteiger partial charge in [-0.3, -0.25) is 14.6 Å². The van der Waals surface area contributed by atoms with E-state index in [9.17, 15) is 19.1 Å². The molecule has 0 unspecified atom stereocenters. The molecule has 2 aromatic carbocycles. The zero-order valence-corrected chi connectivity index (χ0v) is 16.9. The minimum absolute atomic E-state index is 0.0512. The number of hydrogen-bond acceptors (Lipinski definition) is 4. The van der Waals surface area contributed by atoms with Crippen molar-refractivity contribution in [3.63, 3.8) is 0 Å². The van der Waals surface area contributed by atoms with Crippen LogP contribution in [0, 0.1) is 5.82 Å². The monoisotopic (exact) mass is 437 g/mol. The van der Waals surface area contributed by atoms with E-state index in [1.54, 1.807) is 36.7 Å². The molecule has 31 heavy (non-hydrogen) atoms. The lowest BCUT2D eigenvalue weighted by molar-refractivity contribution is 0.0951. The Labute approximate surface area is 181 Å². The van der Waals surface area contributed by atoms with Crippen LogP contribution in [0.15, 0.2) is 65.7 Å². The van der Waals surface area contributed by atoms with Crippen molar-refractivity contribution in [2.75, 3.05) is 0 Å². The first-order chi connectivity index (χ1) is 14.9. The maximum atomic E-state index is 13.4. The molecular weight excluding hydrogens is 421 g/mol. The second-order valence-corrected chi connectivity index (χ2v) is 7.41. The third-order valence-corrected chi connectivity index (χ3v) is 5.20. The Hall–Kier alpha value is -3.71. The summed E-state index contributed by atoms with van der Waals surface area (Å²) in [5, 5.41) is 13.8. The number of rotatable bonds is 5. The van der Waals surface area contributed by atoms with Crippen LogP contribution in [0.25, 0.3) is 10.9 Å². The summed E-state index contributed by atoms with van der Waals surface area (Å²) in [4.78, 5) is 31.7. The summed E-state index contributed by atoms with van der Waals surface area (Å²) in [5.41, 5.74) is 1.83. The molecule has 3 N–H and O–H groups in total. The molecule has 6 nitrogen and oxygen atoms in total. The highest BCUT2D eigenvalue weighted by Gasteiger charge is 2.15. The van der Waals surface area contributed by atoms with E-state index < -0.39 is 11.4 Å². The van der Waals surface area contributed by atoms with E-state index in [1.165, 1.54) is 24.3 Å². The van der Waals surface area contributed by atoms with E-state index in [1.807, 2.05) is 0 Å². The first kappa shape index (κ1) is 20.6. The number of benzene rings is 2. The molecule has 0 saturated carbocycles. The predicted molar refractivity (Wildman–Crippen MR) is 116 cm³/mol. The van der Waals surface area contributed by atoms with Gasteiger partial charge in [-0.1, -0.05) is 17.7 Å². The minimum Gasteiger partial charge on any atom is -0.507 e. The number of aromatic amines is 1.